The van der Waals surface area contributed by atoms with Crippen LogP contribution in [0.4, 0.5) is 0 Å². The molecule has 0 fully saturated rings. The molecule has 4 nitrogen and oxygen atoms in total. The number of aryl methyl sites for hydroxylation is 1. The van der Waals surface area contributed by atoms with Gasteiger partial charge < -0.3 is 5.11 Å². The molecule has 0 bridgehead atoms. The molecule has 5 heteroatoms. The molecule has 0 saturated heterocycles. The summed E-state index contributed by atoms with van der Waals surface area (Å²) >= 11 is 1.08. The Morgan fingerprint density at radius 2 is 1.75 bits per heavy atom. The van der Waals surface area contributed by atoms with E-state index in [1.165, 1.54) is 0 Å². The van der Waals surface area contributed by atoms with Crippen LogP contribution in [0.15, 0.2) is 39.8 Å². The number of aliphatic hydroxyl groups is 1. The molecule has 0 atom stereocenters. The fourth-order valence-electron chi connectivity index (χ4n) is 1.25. The average molecular weight is 235 g/mol. The van der Waals surface area contributed by atoms with Crippen molar-refractivity contribution in [2.75, 3.05) is 0 Å². The summed E-state index contributed by atoms with van der Waals surface area (Å²) in [6.07, 6.45) is 0. The quantitative estimate of drug-likeness (QED) is 0.763. The van der Waals surface area contributed by atoms with E-state index in [0.29, 0.717) is 0 Å². The van der Waals surface area contributed by atoms with E-state index >= 15 is 0 Å². The van der Waals surface area contributed by atoms with Crippen molar-refractivity contribution < 1.29 is 14.7 Å². The first-order valence-electron chi connectivity index (χ1n) is 4.61. The van der Waals surface area contributed by atoms with Crippen LogP contribution in [0.3, 0.4) is 0 Å². The number of hydrogen-bond acceptors (Lipinski definition) is 4. The van der Waals surface area contributed by atoms with Gasteiger partial charge in [0, 0.05) is 4.90 Å². The Kier molecular flexibility index (Phi) is 2.70. The number of imide groups is 1. The lowest BCUT2D eigenvalue weighted by atomic mass is 10.2. The number of hydrogen-bond donors (Lipinski definition) is 2. The van der Waals surface area contributed by atoms with Crippen molar-refractivity contribution >= 4 is 23.6 Å². The standard InChI is InChI=1S/C11H9NO3S/c1-6-2-4-7(5-3-6)16-9-8(13)10(14)12-11(9)15/h2-5H,1H3,(H2,12,13,14,15). The zero-order chi connectivity index (χ0) is 11.7. The van der Waals surface area contributed by atoms with Crippen molar-refractivity contribution in [2.45, 2.75) is 11.8 Å². The molecule has 0 spiro atoms. The van der Waals surface area contributed by atoms with Gasteiger partial charge in [-0.2, -0.15) is 0 Å². The van der Waals surface area contributed by atoms with Gasteiger partial charge in [-0.3, -0.25) is 14.9 Å². The lowest BCUT2D eigenvalue weighted by Gasteiger charge is -2.00. The van der Waals surface area contributed by atoms with E-state index < -0.39 is 17.6 Å². The molecule has 1 aliphatic heterocycles. The first-order chi connectivity index (χ1) is 7.58. The Balaban J connectivity index is 2.25. The minimum absolute atomic E-state index is 0.0499. The normalized spacial score (nSPS) is 15.6. The van der Waals surface area contributed by atoms with E-state index in [-0.39, 0.29) is 4.91 Å². The van der Waals surface area contributed by atoms with E-state index in [1.54, 1.807) is 0 Å². The zero-order valence-electron chi connectivity index (χ0n) is 8.48. The van der Waals surface area contributed by atoms with Gasteiger partial charge in [0.15, 0.2) is 0 Å². The predicted molar refractivity (Wildman–Crippen MR) is 59.8 cm³/mol. The maximum absolute atomic E-state index is 11.3. The molecule has 0 radical (unpaired) electrons. The first kappa shape index (κ1) is 10.8. The van der Waals surface area contributed by atoms with Crippen LogP contribution in [0.25, 0.3) is 0 Å². The van der Waals surface area contributed by atoms with Gasteiger partial charge in [0.25, 0.3) is 11.8 Å². The van der Waals surface area contributed by atoms with Crippen LogP contribution in [0.5, 0.6) is 0 Å². The fourth-order valence-corrected chi connectivity index (χ4v) is 2.09. The van der Waals surface area contributed by atoms with Crippen molar-refractivity contribution in [2.24, 2.45) is 0 Å². The molecule has 2 N–H and O–H groups in total. The number of thioether (sulfide) groups is 1. The maximum atomic E-state index is 11.3. The summed E-state index contributed by atoms with van der Waals surface area (Å²) in [5.74, 6) is -1.79. The molecule has 1 aliphatic rings. The monoisotopic (exact) mass is 235 g/mol. The third kappa shape index (κ3) is 1.94. The third-order valence-corrected chi connectivity index (χ3v) is 3.20. The molecule has 16 heavy (non-hydrogen) atoms. The highest BCUT2D eigenvalue weighted by Gasteiger charge is 2.30. The molecule has 2 amide bonds. The van der Waals surface area contributed by atoms with Gasteiger partial charge in [-0.25, -0.2) is 0 Å². The lowest BCUT2D eigenvalue weighted by Crippen LogP contribution is -2.22. The van der Waals surface area contributed by atoms with Crippen LogP contribution in [-0.4, -0.2) is 16.9 Å². The molecule has 0 aliphatic carbocycles. The van der Waals surface area contributed by atoms with E-state index in [1.807, 2.05) is 36.5 Å². The highest BCUT2D eigenvalue weighted by Crippen LogP contribution is 2.30. The summed E-state index contributed by atoms with van der Waals surface area (Å²) < 4.78 is 0. The molecule has 1 aromatic rings. The van der Waals surface area contributed by atoms with E-state index in [2.05, 4.69) is 0 Å². The van der Waals surface area contributed by atoms with E-state index in [0.717, 1.165) is 22.2 Å². The molecule has 0 saturated carbocycles. The summed E-state index contributed by atoms with van der Waals surface area (Å²) in [7, 11) is 0. The molecule has 82 valence electrons. The van der Waals surface area contributed by atoms with Crippen molar-refractivity contribution in [3.05, 3.63) is 40.5 Å². The van der Waals surface area contributed by atoms with Gasteiger partial charge in [-0.05, 0) is 19.1 Å². The number of amides is 2. The van der Waals surface area contributed by atoms with Crippen LogP contribution in [-0.2, 0) is 9.59 Å². The number of aliphatic hydroxyl groups excluding tert-OH is 1. The second-order valence-electron chi connectivity index (χ2n) is 3.38. The third-order valence-electron chi connectivity index (χ3n) is 2.10. The number of rotatable bonds is 2. The summed E-state index contributed by atoms with van der Waals surface area (Å²) in [6, 6.07) is 7.45. The highest BCUT2D eigenvalue weighted by atomic mass is 32.2. The maximum Gasteiger partial charge on any atom is 0.294 e. The summed E-state index contributed by atoms with van der Waals surface area (Å²) in [4.78, 5) is 23.1. The molecule has 0 aromatic heterocycles. The lowest BCUT2D eigenvalue weighted by molar-refractivity contribution is -0.124. The minimum atomic E-state index is -0.736. The van der Waals surface area contributed by atoms with Crippen molar-refractivity contribution in [1.82, 2.24) is 5.32 Å². The fraction of sp³-hybridized carbons (Fsp3) is 0.0909. The topological polar surface area (TPSA) is 66.4 Å². The molecule has 2 rings (SSSR count). The SMILES string of the molecule is Cc1ccc(SC2=C(O)C(=O)NC2=O)cc1. The van der Waals surface area contributed by atoms with Crippen molar-refractivity contribution in [3.63, 3.8) is 0 Å². The molecule has 1 heterocycles. The van der Waals surface area contributed by atoms with Gasteiger partial charge in [-0.15, -0.1) is 0 Å². The van der Waals surface area contributed by atoms with Gasteiger partial charge in [-0.1, -0.05) is 29.5 Å². The predicted octanol–water partition coefficient (Wildman–Crippen LogP) is 1.51. The molecular weight excluding hydrogens is 226 g/mol. The smallest absolute Gasteiger partial charge is 0.294 e. The van der Waals surface area contributed by atoms with Crippen molar-refractivity contribution in [1.29, 1.82) is 0 Å². The number of carbonyl (C=O) groups excluding carboxylic acids is 2. The van der Waals surface area contributed by atoms with Crippen molar-refractivity contribution in [3.8, 4) is 0 Å². The van der Waals surface area contributed by atoms with Gasteiger partial charge in [0.05, 0.1) is 0 Å². The Labute approximate surface area is 96.4 Å². The van der Waals surface area contributed by atoms with Crippen LogP contribution in [0.2, 0.25) is 0 Å². The summed E-state index contributed by atoms with van der Waals surface area (Å²) in [5, 5.41) is 11.4. The second-order valence-corrected chi connectivity index (χ2v) is 4.46. The Hall–Kier alpha value is -1.75. The average Bonchev–Trinajstić information content (AvgIpc) is 2.48. The van der Waals surface area contributed by atoms with Crippen LogP contribution in [0, 0.1) is 6.92 Å². The summed E-state index contributed by atoms with van der Waals surface area (Å²) in [6.45, 7) is 1.96. The minimum Gasteiger partial charge on any atom is -0.502 e. The van der Waals surface area contributed by atoms with Gasteiger partial charge in [0.2, 0.25) is 5.76 Å². The Morgan fingerprint density at radius 1 is 1.12 bits per heavy atom. The molecule has 0 unspecified atom stereocenters. The number of benzene rings is 1. The number of nitrogens with one attached hydrogen (secondary N) is 1. The highest BCUT2D eigenvalue weighted by molar-refractivity contribution is 8.04. The van der Waals surface area contributed by atoms with Gasteiger partial charge in [0.1, 0.15) is 4.91 Å². The first-order valence-corrected chi connectivity index (χ1v) is 5.43. The van der Waals surface area contributed by atoms with Crippen LogP contribution >= 0.6 is 11.8 Å². The Bertz CT molecular complexity index is 490. The van der Waals surface area contributed by atoms with Crippen LogP contribution in [0.1, 0.15) is 5.56 Å². The van der Waals surface area contributed by atoms with E-state index in [4.69, 9.17) is 0 Å². The largest absolute Gasteiger partial charge is 0.502 e. The summed E-state index contributed by atoms with van der Waals surface area (Å²) in [5.41, 5.74) is 1.11. The number of carbonyl (C=O) groups is 2. The molecule has 1 aromatic carbocycles. The van der Waals surface area contributed by atoms with E-state index in [9.17, 15) is 14.7 Å². The zero-order valence-corrected chi connectivity index (χ0v) is 9.30. The van der Waals surface area contributed by atoms with Crippen LogP contribution < -0.4 is 5.32 Å². The second kappa shape index (κ2) is 4.02. The Morgan fingerprint density at radius 3 is 2.25 bits per heavy atom. The molecular formula is C11H9NO3S. The van der Waals surface area contributed by atoms with Gasteiger partial charge >= 0.3 is 0 Å².